The van der Waals surface area contributed by atoms with Gasteiger partial charge in [-0.25, -0.2) is 0 Å². The van der Waals surface area contributed by atoms with Crippen molar-refractivity contribution in [2.45, 2.75) is 31.1 Å². The SMILES string of the molecule is CC(Cc1ccco1)NC(=O)C(C)Br. The molecule has 0 aliphatic carbocycles. The number of amides is 1. The lowest BCUT2D eigenvalue weighted by Crippen LogP contribution is -2.37. The second kappa shape index (κ2) is 5.20. The maximum absolute atomic E-state index is 11.3. The molecule has 1 amide bonds. The number of hydrogen-bond donors (Lipinski definition) is 1. The van der Waals surface area contributed by atoms with Gasteiger partial charge < -0.3 is 9.73 Å². The summed E-state index contributed by atoms with van der Waals surface area (Å²) in [5, 5.41) is 2.87. The van der Waals surface area contributed by atoms with Crippen LogP contribution in [0.3, 0.4) is 0 Å². The molecule has 3 nitrogen and oxygen atoms in total. The van der Waals surface area contributed by atoms with Crippen molar-refractivity contribution in [1.29, 1.82) is 0 Å². The first-order valence-electron chi connectivity index (χ1n) is 4.56. The van der Waals surface area contributed by atoms with Crippen LogP contribution in [0.15, 0.2) is 22.8 Å². The molecule has 2 unspecified atom stereocenters. The smallest absolute Gasteiger partial charge is 0.233 e. The monoisotopic (exact) mass is 259 g/mol. The molecule has 1 heterocycles. The van der Waals surface area contributed by atoms with Crippen LogP contribution in [0, 0.1) is 0 Å². The Labute approximate surface area is 92.0 Å². The van der Waals surface area contributed by atoms with E-state index in [-0.39, 0.29) is 16.8 Å². The molecule has 2 atom stereocenters. The molecule has 0 bridgehead atoms. The minimum atomic E-state index is -0.151. The standard InChI is InChI=1S/C10H14BrNO2/c1-7(12-10(13)8(2)11)6-9-4-3-5-14-9/h3-5,7-8H,6H2,1-2H3,(H,12,13). The Hall–Kier alpha value is -0.770. The van der Waals surface area contributed by atoms with Gasteiger partial charge in [0, 0.05) is 12.5 Å². The molecular weight excluding hydrogens is 246 g/mol. The summed E-state index contributed by atoms with van der Waals surface area (Å²) in [6, 6.07) is 3.84. The summed E-state index contributed by atoms with van der Waals surface area (Å²) in [5.74, 6) is 0.893. The zero-order valence-corrected chi connectivity index (χ0v) is 9.87. The van der Waals surface area contributed by atoms with Crippen molar-refractivity contribution in [3.05, 3.63) is 24.2 Å². The fourth-order valence-electron chi connectivity index (χ4n) is 1.14. The van der Waals surface area contributed by atoms with E-state index in [0.29, 0.717) is 0 Å². The average molecular weight is 260 g/mol. The van der Waals surface area contributed by atoms with Gasteiger partial charge in [0.1, 0.15) is 5.76 Å². The summed E-state index contributed by atoms with van der Waals surface area (Å²) in [6.07, 6.45) is 2.36. The number of halogens is 1. The molecule has 1 N–H and O–H groups in total. The molecule has 1 rings (SSSR count). The predicted octanol–water partition coefficient (Wildman–Crippen LogP) is 2.11. The Morgan fingerprint density at radius 1 is 1.64 bits per heavy atom. The van der Waals surface area contributed by atoms with Gasteiger partial charge in [-0.3, -0.25) is 4.79 Å². The Bertz CT molecular complexity index is 282. The van der Waals surface area contributed by atoms with Gasteiger partial charge in [-0.2, -0.15) is 0 Å². The first-order valence-corrected chi connectivity index (χ1v) is 5.48. The highest BCUT2D eigenvalue weighted by molar-refractivity contribution is 9.10. The Balaban J connectivity index is 2.36. The van der Waals surface area contributed by atoms with E-state index in [1.165, 1.54) is 0 Å². The van der Waals surface area contributed by atoms with Crippen LogP contribution < -0.4 is 5.32 Å². The Kier molecular flexibility index (Phi) is 4.20. The van der Waals surface area contributed by atoms with E-state index < -0.39 is 0 Å². The van der Waals surface area contributed by atoms with Crippen LogP contribution in [0.4, 0.5) is 0 Å². The van der Waals surface area contributed by atoms with Crippen molar-refractivity contribution in [2.75, 3.05) is 0 Å². The van der Waals surface area contributed by atoms with Crippen molar-refractivity contribution < 1.29 is 9.21 Å². The fraction of sp³-hybridized carbons (Fsp3) is 0.500. The van der Waals surface area contributed by atoms with E-state index in [4.69, 9.17) is 4.42 Å². The quantitative estimate of drug-likeness (QED) is 0.842. The minimum Gasteiger partial charge on any atom is -0.469 e. The Morgan fingerprint density at radius 2 is 2.36 bits per heavy atom. The molecule has 78 valence electrons. The lowest BCUT2D eigenvalue weighted by atomic mass is 10.2. The van der Waals surface area contributed by atoms with E-state index >= 15 is 0 Å². The highest BCUT2D eigenvalue weighted by Gasteiger charge is 2.12. The van der Waals surface area contributed by atoms with Crippen molar-refractivity contribution in [3.8, 4) is 0 Å². The van der Waals surface area contributed by atoms with Gasteiger partial charge in [0.15, 0.2) is 0 Å². The maximum atomic E-state index is 11.3. The summed E-state index contributed by atoms with van der Waals surface area (Å²) in [4.78, 5) is 11.1. The maximum Gasteiger partial charge on any atom is 0.233 e. The molecule has 14 heavy (non-hydrogen) atoms. The zero-order valence-electron chi connectivity index (χ0n) is 8.29. The topological polar surface area (TPSA) is 42.2 Å². The van der Waals surface area contributed by atoms with Gasteiger partial charge in [-0.05, 0) is 26.0 Å². The first-order chi connectivity index (χ1) is 6.59. The summed E-state index contributed by atoms with van der Waals surface area (Å²) < 4.78 is 5.18. The molecule has 0 fully saturated rings. The van der Waals surface area contributed by atoms with Crippen LogP contribution in [-0.4, -0.2) is 16.8 Å². The zero-order chi connectivity index (χ0) is 10.6. The van der Waals surface area contributed by atoms with Crippen LogP contribution in [-0.2, 0) is 11.2 Å². The van der Waals surface area contributed by atoms with Crippen LogP contribution in [0.5, 0.6) is 0 Å². The van der Waals surface area contributed by atoms with E-state index in [2.05, 4.69) is 21.2 Å². The molecule has 0 aromatic carbocycles. The number of rotatable bonds is 4. The molecular formula is C10H14BrNO2. The summed E-state index contributed by atoms with van der Waals surface area (Å²) in [5.41, 5.74) is 0. The third kappa shape index (κ3) is 3.54. The van der Waals surface area contributed by atoms with Crippen molar-refractivity contribution in [1.82, 2.24) is 5.32 Å². The first kappa shape index (κ1) is 11.3. The van der Waals surface area contributed by atoms with Gasteiger partial charge in [0.25, 0.3) is 0 Å². The lowest BCUT2D eigenvalue weighted by Gasteiger charge is -2.13. The van der Waals surface area contributed by atoms with Gasteiger partial charge in [0.05, 0.1) is 11.1 Å². The summed E-state index contributed by atoms with van der Waals surface area (Å²) in [6.45, 7) is 3.75. The molecule has 4 heteroatoms. The number of furan rings is 1. The largest absolute Gasteiger partial charge is 0.469 e. The van der Waals surface area contributed by atoms with E-state index in [1.807, 2.05) is 19.1 Å². The molecule has 0 spiro atoms. The highest BCUT2D eigenvalue weighted by atomic mass is 79.9. The van der Waals surface area contributed by atoms with Gasteiger partial charge >= 0.3 is 0 Å². The lowest BCUT2D eigenvalue weighted by molar-refractivity contribution is -0.120. The van der Waals surface area contributed by atoms with Gasteiger partial charge in [0.2, 0.25) is 5.91 Å². The number of carbonyl (C=O) groups excluding carboxylic acids is 1. The fourth-order valence-corrected chi connectivity index (χ4v) is 1.27. The molecule has 1 aromatic rings. The van der Waals surface area contributed by atoms with Crippen LogP contribution in [0.25, 0.3) is 0 Å². The van der Waals surface area contributed by atoms with Crippen molar-refractivity contribution in [3.63, 3.8) is 0 Å². The predicted molar refractivity (Wildman–Crippen MR) is 58.4 cm³/mol. The number of nitrogens with one attached hydrogen (secondary N) is 1. The summed E-state index contributed by atoms with van der Waals surface area (Å²) >= 11 is 3.21. The Morgan fingerprint density at radius 3 is 2.86 bits per heavy atom. The van der Waals surface area contributed by atoms with Crippen molar-refractivity contribution >= 4 is 21.8 Å². The average Bonchev–Trinajstić information content (AvgIpc) is 2.56. The number of hydrogen-bond acceptors (Lipinski definition) is 2. The van der Waals surface area contributed by atoms with Crippen molar-refractivity contribution in [2.24, 2.45) is 0 Å². The van der Waals surface area contributed by atoms with E-state index in [0.717, 1.165) is 12.2 Å². The van der Waals surface area contributed by atoms with Gasteiger partial charge in [-0.1, -0.05) is 15.9 Å². The van der Waals surface area contributed by atoms with Crippen LogP contribution >= 0.6 is 15.9 Å². The molecule has 0 radical (unpaired) electrons. The molecule has 0 saturated heterocycles. The minimum absolute atomic E-state index is 0.00376. The third-order valence-electron chi connectivity index (χ3n) is 1.84. The summed E-state index contributed by atoms with van der Waals surface area (Å²) in [7, 11) is 0. The molecule has 0 aliphatic heterocycles. The van der Waals surface area contributed by atoms with Gasteiger partial charge in [-0.15, -0.1) is 0 Å². The number of alkyl halides is 1. The molecule has 0 saturated carbocycles. The van der Waals surface area contributed by atoms with E-state index in [9.17, 15) is 4.79 Å². The van der Waals surface area contributed by atoms with Crippen LogP contribution in [0.2, 0.25) is 0 Å². The second-order valence-electron chi connectivity index (χ2n) is 3.31. The van der Waals surface area contributed by atoms with E-state index in [1.54, 1.807) is 13.2 Å². The second-order valence-corrected chi connectivity index (χ2v) is 4.68. The number of carbonyl (C=O) groups is 1. The third-order valence-corrected chi connectivity index (χ3v) is 2.25. The normalized spacial score (nSPS) is 14.8. The van der Waals surface area contributed by atoms with Crippen LogP contribution in [0.1, 0.15) is 19.6 Å². The molecule has 0 aliphatic rings. The highest BCUT2D eigenvalue weighted by Crippen LogP contribution is 2.05. The molecule has 1 aromatic heterocycles.